The number of nitrogens with one attached hydrogen (secondary N) is 1. The predicted octanol–water partition coefficient (Wildman–Crippen LogP) is 3.61. The first-order valence-corrected chi connectivity index (χ1v) is 10.0. The van der Waals surface area contributed by atoms with E-state index < -0.39 is 17.9 Å². The van der Waals surface area contributed by atoms with E-state index >= 15 is 0 Å². The van der Waals surface area contributed by atoms with Crippen LogP contribution in [0.1, 0.15) is 34.0 Å². The van der Waals surface area contributed by atoms with Gasteiger partial charge < -0.3 is 19.9 Å². The Labute approximate surface area is 185 Å². The summed E-state index contributed by atoms with van der Waals surface area (Å²) in [7, 11) is 1.41. The van der Waals surface area contributed by atoms with Crippen LogP contribution < -0.4 is 14.8 Å². The van der Waals surface area contributed by atoms with E-state index in [2.05, 4.69) is 11.9 Å². The van der Waals surface area contributed by atoms with Gasteiger partial charge in [-0.25, -0.2) is 9.59 Å². The third kappa shape index (κ3) is 4.97. The fraction of sp³-hybridized carbons (Fsp3) is 0.208. The Morgan fingerprint density at radius 1 is 1.19 bits per heavy atom. The minimum Gasteiger partial charge on any atom is -0.490 e. The van der Waals surface area contributed by atoms with Crippen molar-refractivity contribution in [3.63, 3.8) is 0 Å². The number of ether oxygens (including phenoxy) is 2. The van der Waals surface area contributed by atoms with E-state index in [0.717, 1.165) is 16.0 Å². The second kappa shape index (κ2) is 9.82. The van der Waals surface area contributed by atoms with Crippen LogP contribution in [0.5, 0.6) is 11.5 Å². The SMILES string of the molecule is C=CCc1cc(/C=C2/NC(=O)N(C)C2=O)cc(OCC)c1OCc1ccc(C(=O)O)cc1. The molecule has 0 atom stereocenters. The molecule has 3 amide bonds. The topological polar surface area (TPSA) is 105 Å². The zero-order valence-corrected chi connectivity index (χ0v) is 17.9. The molecule has 2 aromatic rings. The van der Waals surface area contributed by atoms with Crippen molar-refractivity contribution in [1.29, 1.82) is 0 Å². The maximum atomic E-state index is 12.2. The number of rotatable bonds is 9. The van der Waals surface area contributed by atoms with E-state index in [1.807, 2.05) is 13.0 Å². The Hall–Kier alpha value is -4.07. The van der Waals surface area contributed by atoms with Crippen LogP contribution in [-0.4, -0.2) is 41.6 Å². The Morgan fingerprint density at radius 3 is 2.47 bits per heavy atom. The number of carboxylic acid groups (broad SMARTS) is 1. The van der Waals surface area contributed by atoms with Crippen molar-refractivity contribution in [2.75, 3.05) is 13.7 Å². The fourth-order valence-electron chi connectivity index (χ4n) is 3.19. The van der Waals surface area contributed by atoms with Crippen molar-refractivity contribution in [2.45, 2.75) is 20.0 Å². The van der Waals surface area contributed by atoms with Crippen LogP contribution >= 0.6 is 0 Å². The third-order valence-electron chi connectivity index (χ3n) is 4.79. The monoisotopic (exact) mass is 436 g/mol. The summed E-state index contributed by atoms with van der Waals surface area (Å²) in [5, 5.41) is 11.6. The molecule has 1 fully saturated rings. The summed E-state index contributed by atoms with van der Waals surface area (Å²) >= 11 is 0. The highest BCUT2D eigenvalue weighted by Gasteiger charge is 2.30. The molecule has 1 aliphatic heterocycles. The van der Waals surface area contributed by atoms with Crippen LogP contribution in [0.2, 0.25) is 0 Å². The van der Waals surface area contributed by atoms with Gasteiger partial charge in [-0.15, -0.1) is 6.58 Å². The third-order valence-corrected chi connectivity index (χ3v) is 4.79. The molecule has 1 heterocycles. The van der Waals surface area contributed by atoms with Gasteiger partial charge in [-0.1, -0.05) is 18.2 Å². The van der Waals surface area contributed by atoms with Gasteiger partial charge in [0, 0.05) is 12.6 Å². The maximum absolute atomic E-state index is 12.2. The molecular weight excluding hydrogens is 412 g/mol. The second-order valence-electron chi connectivity index (χ2n) is 7.08. The standard InChI is InChI=1S/C24H24N2O6/c1-4-6-18-11-16(12-19-22(27)26(3)24(30)25-19)13-20(31-5-2)21(18)32-14-15-7-9-17(10-8-15)23(28)29/h4,7-13H,1,5-6,14H2,2-3H3,(H,25,30)(H,28,29)/b19-12+. The van der Waals surface area contributed by atoms with Crippen molar-refractivity contribution < 1.29 is 29.0 Å². The number of hydrogen-bond acceptors (Lipinski definition) is 5. The zero-order valence-electron chi connectivity index (χ0n) is 17.9. The minimum absolute atomic E-state index is 0.177. The van der Waals surface area contributed by atoms with Gasteiger partial charge in [-0.05, 0) is 54.8 Å². The summed E-state index contributed by atoms with van der Waals surface area (Å²) in [6.07, 6.45) is 3.81. The molecule has 32 heavy (non-hydrogen) atoms. The van der Waals surface area contributed by atoms with Gasteiger partial charge in [0.05, 0.1) is 12.2 Å². The van der Waals surface area contributed by atoms with E-state index in [1.54, 1.807) is 30.4 Å². The first-order chi connectivity index (χ1) is 15.3. The van der Waals surface area contributed by atoms with E-state index in [0.29, 0.717) is 30.1 Å². The molecule has 0 bridgehead atoms. The largest absolute Gasteiger partial charge is 0.490 e. The molecule has 2 N–H and O–H groups in total. The molecule has 0 spiro atoms. The Kier molecular flexibility index (Phi) is 6.94. The molecule has 3 rings (SSSR count). The Balaban J connectivity index is 1.92. The van der Waals surface area contributed by atoms with E-state index in [1.165, 1.54) is 19.2 Å². The van der Waals surface area contributed by atoms with Crippen LogP contribution in [-0.2, 0) is 17.8 Å². The van der Waals surface area contributed by atoms with Crippen LogP contribution in [0, 0.1) is 0 Å². The zero-order chi connectivity index (χ0) is 23.3. The van der Waals surface area contributed by atoms with E-state index in [9.17, 15) is 14.4 Å². The second-order valence-corrected chi connectivity index (χ2v) is 7.08. The summed E-state index contributed by atoms with van der Waals surface area (Å²) in [6, 6.07) is 9.54. The molecule has 0 aliphatic carbocycles. The Morgan fingerprint density at radius 2 is 1.91 bits per heavy atom. The molecule has 0 aromatic heterocycles. The highest BCUT2D eigenvalue weighted by atomic mass is 16.5. The number of aromatic carboxylic acids is 1. The van der Waals surface area contributed by atoms with Crippen molar-refractivity contribution >= 4 is 24.0 Å². The number of imide groups is 1. The quantitative estimate of drug-likeness (QED) is 0.353. The molecule has 166 valence electrons. The van der Waals surface area contributed by atoms with Gasteiger partial charge in [0.2, 0.25) is 0 Å². The lowest BCUT2D eigenvalue weighted by molar-refractivity contribution is -0.121. The molecular formula is C24H24N2O6. The summed E-state index contributed by atoms with van der Waals surface area (Å²) in [4.78, 5) is 36.0. The summed E-state index contributed by atoms with van der Waals surface area (Å²) < 4.78 is 11.8. The molecule has 0 unspecified atom stereocenters. The van der Waals surface area contributed by atoms with Crippen molar-refractivity contribution in [1.82, 2.24) is 10.2 Å². The normalized spacial score (nSPS) is 14.4. The predicted molar refractivity (Wildman–Crippen MR) is 119 cm³/mol. The number of allylic oxidation sites excluding steroid dienone is 1. The van der Waals surface area contributed by atoms with Crippen LogP contribution in [0.25, 0.3) is 6.08 Å². The number of hydrogen-bond donors (Lipinski definition) is 2. The number of carbonyl (C=O) groups excluding carboxylic acids is 2. The van der Waals surface area contributed by atoms with E-state index in [-0.39, 0.29) is 17.9 Å². The number of benzene rings is 2. The van der Waals surface area contributed by atoms with Gasteiger partial charge in [0.1, 0.15) is 12.3 Å². The lowest BCUT2D eigenvalue weighted by Gasteiger charge is -2.17. The average Bonchev–Trinajstić information content (AvgIpc) is 3.00. The van der Waals surface area contributed by atoms with Crippen LogP contribution in [0.15, 0.2) is 54.8 Å². The van der Waals surface area contributed by atoms with Crippen molar-refractivity contribution in [3.8, 4) is 11.5 Å². The first kappa shape index (κ1) is 22.6. The van der Waals surface area contributed by atoms with Gasteiger partial charge in [-0.2, -0.15) is 0 Å². The lowest BCUT2D eigenvalue weighted by Crippen LogP contribution is -2.25. The Bertz CT molecular complexity index is 1090. The fourth-order valence-corrected chi connectivity index (χ4v) is 3.19. The molecule has 1 aliphatic rings. The molecule has 2 aromatic carbocycles. The van der Waals surface area contributed by atoms with Crippen LogP contribution in [0.4, 0.5) is 4.79 Å². The van der Waals surface area contributed by atoms with Gasteiger partial charge in [0.25, 0.3) is 5.91 Å². The highest BCUT2D eigenvalue weighted by molar-refractivity contribution is 6.13. The molecule has 8 heteroatoms. The first-order valence-electron chi connectivity index (χ1n) is 10.0. The number of urea groups is 1. The molecule has 1 saturated heterocycles. The smallest absolute Gasteiger partial charge is 0.335 e. The number of amides is 3. The number of nitrogens with zero attached hydrogens (tertiary/aromatic N) is 1. The van der Waals surface area contributed by atoms with Gasteiger partial charge >= 0.3 is 12.0 Å². The van der Waals surface area contributed by atoms with E-state index in [4.69, 9.17) is 14.6 Å². The van der Waals surface area contributed by atoms with Crippen LogP contribution in [0.3, 0.4) is 0 Å². The number of likely N-dealkylation sites (N-methyl/N-ethyl adjacent to an activating group) is 1. The molecule has 0 radical (unpaired) electrons. The highest BCUT2D eigenvalue weighted by Crippen LogP contribution is 2.35. The molecule has 8 nitrogen and oxygen atoms in total. The summed E-state index contributed by atoms with van der Waals surface area (Å²) in [5.74, 6) is -0.373. The van der Waals surface area contributed by atoms with Gasteiger partial charge in [0.15, 0.2) is 11.5 Å². The summed E-state index contributed by atoms with van der Waals surface area (Å²) in [5.41, 5.74) is 2.65. The maximum Gasteiger partial charge on any atom is 0.335 e. The minimum atomic E-state index is -0.989. The van der Waals surface area contributed by atoms with Crippen molar-refractivity contribution in [2.24, 2.45) is 0 Å². The number of carboxylic acids is 1. The number of carbonyl (C=O) groups is 3. The van der Waals surface area contributed by atoms with Gasteiger partial charge in [-0.3, -0.25) is 9.69 Å². The molecule has 0 saturated carbocycles. The lowest BCUT2D eigenvalue weighted by atomic mass is 10.0. The van der Waals surface area contributed by atoms with Crippen molar-refractivity contribution in [3.05, 3.63) is 77.0 Å². The summed E-state index contributed by atoms with van der Waals surface area (Å²) in [6.45, 7) is 6.26. The average molecular weight is 436 g/mol.